The summed E-state index contributed by atoms with van der Waals surface area (Å²) in [5.41, 5.74) is 6.56. The number of carbonyl (C=O) groups is 1. The Morgan fingerprint density at radius 2 is 2.11 bits per heavy atom. The highest BCUT2D eigenvalue weighted by Gasteiger charge is 2.21. The largest absolute Gasteiger partial charge is 0.495 e. The fourth-order valence-corrected chi connectivity index (χ4v) is 4.05. The molecule has 0 aliphatic carbocycles. The summed E-state index contributed by atoms with van der Waals surface area (Å²) in [7, 11) is 1.60. The van der Waals surface area contributed by atoms with Crippen molar-refractivity contribution >= 4 is 28.9 Å². The smallest absolute Gasteiger partial charge is 0.196 e. The number of carbonyl (C=O) groups excluding carboxylic acids is 1. The number of nitriles is 1. The van der Waals surface area contributed by atoms with Gasteiger partial charge in [-0.15, -0.1) is 21.5 Å². The van der Waals surface area contributed by atoms with Gasteiger partial charge in [0.05, 0.1) is 23.4 Å². The maximum absolute atomic E-state index is 12.3. The van der Waals surface area contributed by atoms with E-state index >= 15 is 0 Å². The van der Waals surface area contributed by atoms with Gasteiger partial charge in [-0.3, -0.25) is 9.36 Å². The highest BCUT2D eigenvalue weighted by Crippen LogP contribution is 2.34. The molecule has 0 bridgehead atoms. The third kappa shape index (κ3) is 3.93. The van der Waals surface area contributed by atoms with Crippen LogP contribution in [0.5, 0.6) is 5.75 Å². The van der Waals surface area contributed by atoms with Crippen molar-refractivity contribution in [3.63, 3.8) is 0 Å². The first-order valence-corrected chi connectivity index (χ1v) is 10.1. The maximum atomic E-state index is 12.3. The van der Waals surface area contributed by atoms with Crippen LogP contribution in [0.1, 0.15) is 6.92 Å². The standard InChI is InChI=1S/C19H17N5O2S2/c1-12(21)13(10-20)15(25)11-28-19-23-22-18(17-8-5-9-27-17)24(19)14-6-3-4-7-16(14)26-2/h3-9H,11,21H2,1-2H3/b13-12-. The summed E-state index contributed by atoms with van der Waals surface area (Å²) in [4.78, 5) is 13.3. The number of allylic oxidation sites excluding steroid dienone is 2. The number of Topliss-reactive ketones (excluding diaryl/α,β-unsaturated/α-hetero) is 1. The van der Waals surface area contributed by atoms with E-state index in [1.54, 1.807) is 18.4 Å². The number of nitrogens with zero attached hydrogens (tertiary/aromatic N) is 4. The number of para-hydroxylation sites is 2. The minimum Gasteiger partial charge on any atom is -0.495 e. The molecule has 3 rings (SSSR count). The first-order valence-electron chi connectivity index (χ1n) is 8.22. The maximum Gasteiger partial charge on any atom is 0.196 e. The van der Waals surface area contributed by atoms with Crippen molar-refractivity contribution in [2.45, 2.75) is 12.1 Å². The lowest BCUT2D eigenvalue weighted by Gasteiger charge is -2.13. The Hall–Kier alpha value is -3.09. The third-order valence-electron chi connectivity index (χ3n) is 3.82. The second-order valence-corrected chi connectivity index (χ2v) is 7.56. The number of ketones is 1. The zero-order valence-electron chi connectivity index (χ0n) is 15.2. The van der Waals surface area contributed by atoms with Gasteiger partial charge < -0.3 is 10.5 Å². The van der Waals surface area contributed by atoms with Gasteiger partial charge in [0.2, 0.25) is 0 Å². The molecule has 0 saturated carbocycles. The normalized spacial score (nSPS) is 11.6. The van der Waals surface area contributed by atoms with Crippen LogP contribution in [0.4, 0.5) is 0 Å². The van der Waals surface area contributed by atoms with Gasteiger partial charge in [0, 0.05) is 5.70 Å². The molecule has 0 unspecified atom stereocenters. The van der Waals surface area contributed by atoms with Gasteiger partial charge in [0.1, 0.15) is 17.4 Å². The fraction of sp³-hybridized carbons (Fsp3) is 0.158. The quantitative estimate of drug-likeness (QED) is 0.360. The number of methoxy groups -OCH3 is 1. The molecule has 0 aliphatic heterocycles. The van der Waals surface area contributed by atoms with Gasteiger partial charge in [-0.2, -0.15) is 5.26 Å². The van der Waals surface area contributed by atoms with Gasteiger partial charge in [0.15, 0.2) is 16.8 Å². The van der Waals surface area contributed by atoms with Crippen molar-refractivity contribution in [3.8, 4) is 28.2 Å². The predicted octanol–water partition coefficient (Wildman–Crippen LogP) is 3.42. The number of aromatic nitrogens is 3. The fourth-order valence-electron chi connectivity index (χ4n) is 2.53. The Morgan fingerprint density at radius 3 is 2.75 bits per heavy atom. The average molecular weight is 412 g/mol. The Kier molecular flexibility index (Phi) is 6.13. The van der Waals surface area contributed by atoms with E-state index < -0.39 is 0 Å². The number of nitrogens with two attached hydrogens (primary N) is 1. The molecule has 3 aromatic rings. The Morgan fingerprint density at radius 1 is 1.32 bits per heavy atom. The van der Waals surface area contributed by atoms with Crippen LogP contribution in [0.25, 0.3) is 16.4 Å². The van der Waals surface area contributed by atoms with Crippen molar-refractivity contribution in [2.24, 2.45) is 5.73 Å². The summed E-state index contributed by atoms with van der Waals surface area (Å²) in [6.07, 6.45) is 0. The molecule has 0 atom stereocenters. The lowest BCUT2D eigenvalue weighted by atomic mass is 10.2. The predicted molar refractivity (Wildman–Crippen MR) is 109 cm³/mol. The number of rotatable bonds is 7. The SMILES string of the molecule is COc1ccccc1-n1c(SCC(=O)/C(C#N)=C(/C)N)nnc1-c1cccs1. The third-order valence-corrected chi connectivity index (χ3v) is 5.61. The molecular weight excluding hydrogens is 394 g/mol. The van der Waals surface area contributed by atoms with Gasteiger partial charge in [-0.25, -0.2) is 0 Å². The zero-order valence-corrected chi connectivity index (χ0v) is 16.9. The van der Waals surface area contributed by atoms with Gasteiger partial charge in [0.25, 0.3) is 0 Å². The molecule has 2 N–H and O–H groups in total. The molecule has 2 aromatic heterocycles. The molecule has 142 valence electrons. The minimum absolute atomic E-state index is 0.0230. The van der Waals surface area contributed by atoms with Crippen LogP contribution in [0.2, 0.25) is 0 Å². The first kappa shape index (κ1) is 19.7. The van der Waals surface area contributed by atoms with E-state index in [1.807, 2.05) is 52.4 Å². The highest BCUT2D eigenvalue weighted by molar-refractivity contribution is 7.99. The van der Waals surface area contributed by atoms with Crippen LogP contribution in [0.15, 0.2) is 58.2 Å². The van der Waals surface area contributed by atoms with Gasteiger partial charge in [-0.05, 0) is 30.5 Å². The molecule has 28 heavy (non-hydrogen) atoms. The van der Waals surface area contributed by atoms with Crippen LogP contribution in [0, 0.1) is 11.3 Å². The lowest BCUT2D eigenvalue weighted by molar-refractivity contribution is -0.112. The zero-order chi connectivity index (χ0) is 20.1. The van der Waals surface area contributed by atoms with Crippen LogP contribution < -0.4 is 10.5 Å². The van der Waals surface area contributed by atoms with E-state index in [0.29, 0.717) is 16.7 Å². The number of hydrogen-bond donors (Lipinski definition) is 1. The number of thiophene rings is 1. The molecule has 2 heterocycles. The van der Waals surface area contributed by atoms with Crippen LogP contribution in [0.3, 0.4) is 0 Å². The van der Waals surface area contributed by atoms with Crippen molar-refractivity contribution < 1.29 is 9.53 Å². The van der Waals surface area contributed by atoms with E-state index in [-0.39, 0.29) is 22.8 Å². The minimum atomic E-state index is -0.347. The van der Waals surface area contributed by atoms with Crippen LogP contribution >= 0.6 is 23.1 Å². The number of benzene rings is 1. The van der Waals surface area contributed by atoms with Crippen LogP contribution in [-0.2, 0) is 4.79 Å². The number of thioether (sulfide) groups is 1. The molecular formula is C19H17N5O2S2. The van der Waals surface area contributed by atoms with Crippen molar-refractivity contribution in [3.05, 3.63) is 53.0 Å². The topological polar surface area (TPSA) is 107 Å². The summed E-state index contributed by atoms with van der Waals surface area (Å²) in [6.45, 7) is 1.54. The molecule has 0 spiro atoms. The highest BCUT2D eigenvalue weighted by atomic mass is 32.2. The molecule has 0 fully saturated rings. The van der Waals surface area contributed by atoms with E-state index in [1.165, 1.54) is 18.7 Å². The Labute approximate surface area is 170 Å². The lowest BCUT2D eigenvalue weighted by Crippen LogP contribution is -2.11. The Bertz CT molecular complexity index is 1060. The molecule has 0 amide bonds. The van der Waals surface area contributed by atoms with Gasteiger partial charge >= 0.3 is 0 Å². The summed E-state index contributed by atoms with van der Waals surface area (Å²) in [6, 6.07) is 13.3. The van der Waals surface area contributed by atoms with E-state index in [4.69, 9.17) is 15.7 Å². The molecule has 1 aromatic carbocycles. The molecule has 7 nitrogen and oxygen atoms in total. The number of hydrogen-bond acceptors (Lipinski definition) is 8. The Balaban J connectivity index is 2.02. The van der Waals surface area contributed by atoms with E-state index in [9.17, 15) is 4.79 Å². The van der Waals surface area contributed by atoms with Crippen molar-refractivity contribution in [1.29, 1.82) is 5.26 Å². The summed E-state index contributed by atoms with van der Waals surface area (Å²) >= 11 is 2.74. The summed E-state index contributed by atoms with van der Waals surface area (Å²) in [5, 5.41) is 20.2. The first-order chi connectivity index (χ1) is 13.6. The average Bonchev–Trinajstić information content (AvgIpc) is 3.36. The van der Waals surface area contributed by atoms with Crippen LogP contribution in [-0.4, -0.2) is 33.4 Å². The summed E-state index contributed by atoms with van der Waals surface area (Å²) < 4.78 is 7.35. The van der Waals surface area contributed by atoms with E-state index in [2.05, 4.69) is 10.2 Å². The molecule has 9 heteroatoms. The van der Waals surface area contributed by atoms with Crippen molar-refractivity contribution in [1.82, 2.24) is 14.8 Å². The number of ether oxygens (including phenoxy) is 1. The second-order valence-electron chi connectivity index (χ2n) is 5.67. The molecule has 0 radical (unpaired) electrons. The molecule has 0 saturated heterocycles. The van der Waals surface area contributed by atoms with E-state index in [0.717, 1.165) is 10.6 Å². The second kappa shape index (κ2) is 8.73. The van der Waals surface area contributed by atoms with Gasteiger partial charge in [-0.1, -0.05) is 30.0 Å². The summed E-state index contributed by atoms with van der Waals surface area (Å²) in [5.74, 6) is 0.985. The van der Waals surface area contributed by atoms with Crippen molar-refractivity contribution in [2.75, 3.05) is 12.9 Å². The molecule has 0 aliphatic rings. The monoisotopic (exact) mass is 411 g/mol.